The minimum absolute atomic E-state index is 0.101. The summed E-state index contributed by atoms with van der Waals surface area (Å²) in [6.45, 7) is 6.36. The summed E-state index contributed by atoms with van der Waals surface area (Å²) in [5.74, 6) is 0.791. The van der Waals surface area contributed by atoms with Gasteiger partial charge in [0, 0.05) is 18.8 Å². The summed E-state index contributed by atoms with van der Waals surface area (Å²) in [5.41, 5.74) is 1.66. The maximum absolute atomic E-state index is 12.7. The van der Waals surface area contributed by atoms with Gasteiger partial charge in [-0.2, -0.15) is 4.31 Å². The molecule has 0 aliphatic carbocycles. The molecule has 0 aliphatic rings. The number of sulfonamides is 1. The number of hydrogen-bond donors (Lipinski definition) is 1. The highest BCUT2D eigenvalue weighted by Gasteiger charge is 2.24. The van der Waals surface area contributed by atoms with Crippen molar-refractivity contribution in [1.82, 2.24) is 24.0 Å². The van der Waals surface area contributed by atoms with Crippen molar-refractivity contribution in [2.45, 2.75) is 55.9 Å². The van der Waals surface area contributed by atoms with Crippen LogP contribution in [0.2, 0.25) is 0 Å². The fourth-order valence-corrected chi connectivity index (χ4v) is 5.94. The second-order valence-corrected chi connectivity index (χ2v) is 12.2. The van der Waals surface area contributed by atoms with Crippen LogP contribution < -0.4 is 5.32 Å². The normalized spacial score (nSPS) is 12.9. The molecule has 0 saturated carbocycles. The molecule has 9 nitrogen and oxygen atoms in total. The minimum Gasteiger partial charge on any atom is -0.325 e. The lowest BCUT2D eigenvalue weighted by molar-refractivity contribution is -0.113. The molecule has 1 amide bonds. The molecule has 0 radical (unpaired) electrons. The van der Waals surface area contributed by atoms with Crippen molar-refractivity contribution in [2.24, 2.45) is 0 Å². The number of hydrogen-bond acceptors (Lipinski definition) is 7. The maximum atomic E-state index is 12.7. The maximum Gasteiger partial charge on any atom is 0.243 e. The SMILES string of the molecule is CC[C@@H](c1nnc(SCC(=O)Nc2ccc(S(=O)(=O)N(C)C(C)C)cc2)n1Cc1ccccc1)N(C)C. The fourth-order valence-electron chi connectivity index (χ4n) is 3.83. The Hall–Kier alpha value is -2.73. The number of nitrogens with zero attached hydrogens (tertiary/aromatic N) is 5. The highest BCUT2D eigenvalue weighted by molar-refractivity contribution is 7.99. The van der Waals surface area contributed by atoms with Crippen molar-refractivity contribution in [3.8, 4) is 0 Å². The van der Waals surface area contributed by atoms with Crippen LogP contribution in [0.5, 0.6) is 0 Å². The standard InChI is InChI=1S/C26H36N6O3S2/c1-7-23(30(4)5)25-28-29-26(32(25)17-20-11-9-8-10-12-20)36-18-24(33)27-21-13-15-22(16-14-21)37(34,35)31(6)19(2)3/h8-16,19,23H,7,17-18H2,1-6H3,(H,27,33)/t23-/m0/s1. The van der Waals surface area contributed by atoms with E-state index >= 15 is 0 Å². The Labute approximate surface area is 224 Å². The number of carbonyl (C=O) groups is 1. The topological polar surface area (TPSA) is 100 Å². The van der Waals surface area contributed by atoms with Gasteiger partial charge in [0.1, 0.15) is 0 Å². The Morgan fingerprint density at radius 2 is 1.68 bits per heavy atom. The van der Waals surface area contributed by atoms with E-state index in [2.05, 4.69) is 44.0 Å². The van der Waals surface area contributed by atoms with Gasteiger partial charge in [-0.1, -0.05) is 49.0 Å². The molecule has 1 N–H and O–H groups in total. The monoisotopic (exact) mass is 544 g/mol. The lowest BCUT2D eigenvalue weighted by Gasteiger charge is -2.23. The Kier molecular flexibility index (Phi) is 9.88. The fraction of sp³-hybridized carbons (Fsp3) is 0.423. The van der Waals surface area contributed by atoms with Crippen molar-refractivity contribution in [3.05, 3.63) is 66.0 Å². The van der Waals surface area contributed by atoms with E-state index in [0.717, 1.165) is 17.8 Å². The number of anilines is 1. The van der Waals surface area contributed by atoms with Gasteiger partial charge in [0.2, 0.25) is 15.9 Å². The van der Waals surface area contributed by atoms with Crippen LogP contribution in [-0.4, -0.2) is 71.2 Å². The van der Waals surface area contributed by atoms with Gasteiger partial charge in [-0.3, -0.25) is 9.69 Å². The number of thioether (sulfide) groups is 1. The third kappa shape index (κ3) is 7.19. The smallest absolute Gasteiger partial charge is 0.243 e. The Morgan fingerprint density at radius 1 is 1.03 bits per heavy atom. The Bertz CT molecular complexity index is 1280. The minimum atomic E-state index is -3.58. The average molecular weight is 545 g/mol. The van der Waals surface area contributed by atoms with Gasteiger partial charge in [-0.25, -0.2) is 8.42 Å². The van der Waals surface area contributed by atoms with Gasteiger partial charge in [0.15, 0.2) is 11.0 Å². The Balaban J connectivity index is 1.71. The molecule has 2 aromatic carbocycles. The molecule has 37 heavy (non-hydrogen) atoms. The summed E-state index contributed by atoms with van der Waals surface area (Å²) in [4.78, 5) is 15.0. The second-order valence-electron chi connectivity index (χ2n) is 9.28. The van der Waals surface area contributed by atoms with Crippen molar-refractivity contribution < 1.29 is 13.2 Å². The van der Waals surface area contributed by atoms with E-state index in [0.29, 0.717) is 17.4 Å². The zero-order valence-electron chi connectivity index (χ0n) is 22.2. The van der Waals surface area contributed by atoms with Crippen molar-refractivity contribution in [1.29, 1.82) is 0 Å². The quantitative estimate of drug-likeness (QED) is 0.343. The molecular formula is C26H36N6O3S2. The summed E-state index contributed by atoms with van der Waals surface area (Å²) in [6, 6.07) is 16.3. The van der Waals surface area contributed by atoms with Crippen molar-refractivity contribution in [3.63, 3.8) is 0 Å². The first-order chi connectivity index (χ1) is 17.5. The van der Waals surface area contributed by atoms with E-state index in [9.17, 15) is 13.2 Å². The molecule has 0 bridgehead atoms. The molecule has 3 aromatic rings. The summed E-state index contributed by atoms with van der Waals surface area (Å²) in [5, 5.41) is 12.4. The summed E-state index contributed by atoms with van der Waals surface area (Å²) in [6.07, 6.45) is 0.879. The Morgan fingerprint density at radius 3 is 2.24 bits per heavy atom. The molecule has 200 valence electrons. The number of nitrogens with one attached hydrogen (secondary N) is 1. The molecule has 0 unspecified atom stereocenters. The van der Waals surface area contributed by atoms with E-state index in [1.54, 1.807) is 19.2 Å². The van der Waals surface area contributed by atoms with Crippen LogP contribution in [-0.2, 0) is 21.4 Å². The zero-order valence-corrected chi connectivity index (χ0v) is 23.9. The van der Waals surface area contributed by atoms with Crippen molar-refractivity contribution >= 4 is 33.4 Å². The second kappa shape index (κ2) is 12.7. The molecular weight excluding hydrogens is 508 g/mol. The highest BCUT2D eigenvalue weighted by atomic mass is 32.2. The van der Waals surface area contributed by atoms with Crippen LogP contribution in [0.3, 0.4) is 0 Å². The molecule has 0 fully saturated rings. The highest BCUT2D eigenvalue weighted by Crippen LogP contribution is 2.26. The first-order valence-corrected chi connectivity index (χ1v) is 14.6. The number of aromatic nitrogens is 3. The van der Waals surface area contributed by atoms with Crippen molar-refractivity contribution in [2.75, 3.05) is 32.2 Å². The van der Waals surface area contributed by atoms with E-state index in [1.165, 1.54) is 28.2 Å². The van der Waals surface area contributed by atoms with Crippen LogP contribution >= 0.6 is 11.8 Å². The number of benzene rings is 2. The largest absolute Gasteiger partial charge is 0.325 e. The van der Waals surface area contributed by atoms with Gasteiger partial charge < -0.3 is 9.88 Å². The molecule has 0 saturated heterocycles. The van der Waals surface area contributed by atoms with Crippen LogP contribution in [0, 0.1) is 0 Å². The van der Waals surface area contributed by atoms with Crippen LogP contribution in [0.15, 0.2) is 64.6 Å². The first-order valence-electron chi connectivity index (χ1n) is 12.2. The third-order valence-electron chi connectivity index (χ3n) is 6.11. The number of amides is 1. The molecule has 1 atom stereocenters. The molecule has 3 rings (SSSR count). The molecule has 1 aromatic heterocycles. The van der Waals surface area contributed by atoms with Crippen LogP contribution in [0.1, 0.15) is 44.6 Å². The first kappa shape index (κ1) is 28.8. The van der Waals surface area contributed by atoms with Gasteiger partial charge >= 0.3 is 0 Å². The third-order valence-corrected chi connectivity index (χ3v) is 9.13. The summed E-state index contributed by atoms with van der Waals surface area (Å²) < 4.78 is 28.7. The lowest BCUT2D eigenvalue weighted by atomic mass is 10.2. The molecule has 0 aliphatic heterocycles. The number of rotatable bonds is 12. The van der Waals surface area contributed by atoms with E-state index in [4.69, 9.17) is 0 Å². The van der Waals surface area contributed by atoms with E-state index in [1.807, 2.05) is 46.1 Å². The zero-order chi connectivity index (χ0) is 27.2. The number of carbonyl (C=O) groups excluding carboxylic acids is 1. The average Bonchev–Trinajstić information content (AvgIpc) is 3.25. The van der Waals surface area contributed by atoms with Crippen LogP contribution in [0.25, 0.3) is 0 Å². The van der Waals surface area contributed by atoms with Gasteiger partial charge in [-0.05, 0) is 64.2 Å². The van der Waals surface area contributed by atoms with E-state index < -0.39 is 10.0 Å². The van der Waals surface area contributed by atoms with Gasteiger partial charge in [-0.15, -0.1) is 10.2 Å². The lowest BCUT2D eigenvalue weighted by Crippen LogP contribution is -2.33. The summed E-state index contributed by atoms with van der Waals surface area (Å²) >= 11 is 1.32. The molecule has 0 spiro atoms. The van der Waals surface area contributed by atoms with Gasteiger partial charge in [0.25, 0.3) is 0 Å². The summed E-state index contributed by atoms with van der Waals surface area (Å²) in [7, 11) is 2.02. The van der Waals surface area contributed by atoms with Crippen LogP contribution in [0.4, 0.5) is 5.69 Å². The van der Waals surface area contributed by atoms with E-state index in [-0.39, 0.29) is 28.6 Å². The predicted octanol–water partition coefficient (Wildman–Crippen LogP) is 4.10. The van der Waals surface area contributed by atoms with Gasteiger partial charge in [0.05, 0.1) is 23.2 Å². The predicted molar refractivity (Wildman–Crippen MR) is 148 cm³/mol. The molecule has 1 heterocycles. The molecule has 11 heteroatoms.